The van der Waals surface area contributed by atoms with E-state index >= 15 is 0 Å². The maximum atomic E-state index is 13.0. The molecule has 1 amide bonds. The number of halogens is 1. The third-order valence-electron chi connectivity index (χ3n) is 2.93. The van der Waals surface area contributed by atoms with Crippen LogP contribution in [0.4, 0.5) is 4.39 Å². The molecule has 1 aromatic carbocycles. The minimum Gasteiger partial charge on any atom is -0.467 e. The van der Waals surface area contributed by atoms with Crippen LogP contribution in [-0.4, -0.2) is 17.6 Å². The molecule has 5 heteroatoms. The van der Waals surface area contributed by atoms with Gasteiger partial charge in [0.25, 0.3) is 0 Å². The molecule has 0 fully saturated rings. The second kappa shape index (κ2) is 6.86. The van der Waals surface area contributed by atoms with Crippen molar-refractivity contribution in [2.45, 2.75) is 18.9 Å². The zero-order chi connectivity index (χ0) is 14.4. The lowest BCUT2D eigenvalue weighted by Gasteiger charge is -2.13. The Bertz CT molecular complexity index is 554. The van der Waals surface area contributed by atoms with Crippen LogP contribution in [0.2, 0.25) is 0 Å². The van der Waals surface area contributed by atoms with Crippen molar-refractivity contribution in [3.05, 3.63) is 59.8 Å². The lowest BCUT2D eigenvalue weighted by atomic mass is 10.1. The van der Waals surface area contributed by atoms with Crippen LogP contribution in [0.1, 0.15) is 23.8 Å². The minimum atomic E-state index is -0.551. The van der Waals surface area contributed by atoms with Crippen molar-refractivity contribution in [3.63, 3.8) is 0 Å². The SMILES string of the molecule is O=C(CCc1cccc(F)c1)NC(CO)c1ccco1. The summed E-state index contributed by atoms with van der Waals surface area (Å²) in [6.45, 7) is -0.237. The van der Waals surface area contributed by atoms with Gasteiger partial charge in [0.2, 0.25) is 5.91 Å². The van der Waals surface area contributed by atoms with Gasteiger partial charge in [-0.05, 0) is 36.2 Å². The number of aliphatic hydroxyl groups excluding tert-OH is 1. The molecular formula is C15H16FNO3. The van der Waals surface area contributed by atoms with Gasteiger partial charge in [0.15, 0.2) is 0 Å². The van der Waals surface area contributed by atoms with Gasteiger partial charge in [0.05, 0.1) is 12.9 Å². The van der Waals surface area contributed by atoms with E-state index in [9.17, 15) is 14.3 Å². The van der Waals surface area contributed by atoms with Gasteiger partial charge in [-0.3, -0.25) is 4.79 Å². The van der Waals surface area contributed by atoms with Crippen LogP contribution in [0.3, 0.4) is 0 Å². The number of benzene rings is 1. The predicted molar refractivity (Wildman–Crippen MR) is 71.4 cm³/mol. The number of carbonyl (C=O) groups is 1. The average Bonchev–Trinajstić information content (AvgIpc) is 2.96. The van der Waals surface area contributed by atoms with Crippen molar-refractivity contribution in [2.24, 2.45) is 0 Å². The first-order valence-corrected chi connectivity index (χ1v) is 6.37. The van der Waals surface area contributed by atoms with Crippen LogP contribution in [0, 0.1) is 5.82 Å². The number of hydrogen-bond donors (Lipinski definition) is 2. The van der Waals surface area contributed by atoms with Gasteiger partial charge in [0.1, 0.15) is 17.6 Å². The molecule has 106 valence electrons. The molecule has 1 heterocycles. The third-order valence-corrected chi connectivity index (χ3v) is 2.93. The number of amides is 1. The summed E-state index contributed by atoms with van der Waals surface area (Å²) in [5.74, 6) is -0.0250. The summed E-state index contributed by atoms with van der Waals surface area (Å²) in [5.41, 5.74) is 0.763. The van der Waals surface area contributed by atoms with Crippen LogP contribution in [-0.2, 0) is 11.2 Å². The standard InChI is InChI=1S/C15H16FNO3/c16-12-4-1-3-11(9-12)6-7-15(19)17-13(10-18)14-5-2-8-20-14/h1-5,8-9,13,18H,6-7,10H2,(H,17,19). The van der Waals surface area contributed by atoms with Crippen molar-refractivity contribution in [1.29, 1.82) is 0 Å². The Kier molecular flexibility index (Phi) is 4.90. The van der Waals surface area contributed by atoms with Gasteiger partial charge in [-0.15, -0.1) is 0 Å². The highest BCUT2D eigenvalue weighted by atomic mass is 19.1. The first kappa shape index (κ1) is 14.3. The molecule has 1 unspecified atom stereocenters. The van der Waals surface area contributed by atoms with Gasteiger partial charge in [-0.25, -0.2) is 4.39 Å². The fraction of sp³-hybridized carbons (Fsp3) is 0.267. The molecular weight excluding hydrogens is 261 g/mol. The van der Waals surface area contributed by atoms with E-state index in [0.717, 1.165) is 5.56 Å². The Hall–Kier alpha value is -2.14. The quantitative estimate of drug-likeness (QED) is 0.851. The molecule has 1 atom stereocenters. The van der Waals surface area contributed by atoms with E-state index in [1.807, 2.05) is 0 Å². The van der Waals surface area contributed by atoms with E-state index in [2.05, 4.69) is 5.32 Å². The predicted octanol–water partition coefficient (Wildman–Crippen LogP) is 2.20. The molecule has 4 nitrogen and oxygen atoms in total. The highest BCUT2D eigenvalue weighted by molar-refractivity contribution is 5.76. The summed E-state index contributed by atoms with van der Waals surface area (Å²) in [6.07, 6.45) is 2.15. The third kappa shape index (κ3) is 3.93. The van der Waals surface area contributed by atoms with Gasteiger partial charge >= 0.3 is 0 Å². The molecule has 0 aliphatic rings. The topological polar surface area (TPSA) is 62.5 Å². The summed E-state index contributed by atoms with van der Waals surface area (Å²) in [7, 11) is 0. The fourth-order valence-corrected chi connectivity index (χ4v) is 1.91. The maximum Gasteiger partial charge on any atom is 0.220 e. The van der Waals surface area contributed by atoms with E-state index in [1.165, 1.54) is 18.4 Å². The second-order valence-electron chi connectivity index (χ2n) is 4.45. The monoisotopic (exact) mass is 277 g/mol. The number of carbonyl (C=O) groups excluding carboxylic acids is 1. The lowest BCUT2D eigenvalue weighted by molar-refractivity contribution is -0.122. The second-order valence-corrected chi connectivity index (χ2v) is 4.45. The number of aryl methyl sites for hydroxylation is 1. The largest absolute Gasteiger partial charge is 0.467 e. The molecule has 0 bridgehead atoms. The van der Waals surface area contributed by atoms with Crippen molar-refractivity contribution < 1.29 is 18.7 Å². The molecule has 2 N–H and O–H groups in total. The lowest BCUT2D eigenvalue weighted by Crippen LogP contribution is -2.30. The Morgan fingerprint density at radius 2 is 2.20 bits per heavy atom. The van der Waals surface area contributed by atoms with Crippen LogP contribution in [0.5, 0.6) is 0 Å². The van der Waals surface area contributed by atoms with E-state index in [1.54, 1.807) is 24.3 Å². The van der Waals surface area contributed by atoms with E-state index in [-0.39, 0.29) is 24.8 Å². The first-order valence-electron chi connectivity index (χ1n) is 6.37. The van der Waals surface area contributed by atoms with Crippen molar-refractivity contribution in [1.82, 2.24) is 5.32 Å². The van der Waals surface area contributed by atoms with Crippen molar-refractivity contribution in [3.8, 4) is 0 Å². The summed E-state index contributed by atoms with van der Waals surface area (Å²) in [6, 6.07) is 8.98. The molecule has 20 heavy (non-hydrogen) atoms. The highest BCUT2D eigenvalue weighted by Crippen LogP contribution is 2.13. The summed E-state index contributed by atoms with van der Waals surface area (Å²) in [5, 5.41) is 11.9. The summed E-state index contributed by atoms with van der Waals surface area (Å²) in [4.78, 5) is 11.8. The zero-order valence-corrected chi connectivity index (χ0v) is 10.9. The number of furan rings is 1. The fourth-order valence-electron chi connectivity index (χ4n) is 1.91. The Labute approximate surface area is 116 Å². The number of rotatable bonds is 6. The van der Waals surface area contributed by atoms with Gasteiger partial charge in [-0.1, -0.05) is 12.1 Å². The Morgan fingerprint density at radius 3 is 2.85 bits per heavy atom. The smallest absolute Gasteiger partial charge is 0.220 e. The Balaban J connectivity index is 1.86. The highest BCUT2D eigenvalue weighted by Gasteiger charge is 2.15. The van der Waals surface area contributed by atoms with Gasteiger partial charge in [-0.2, -0.15) is 0 Å². The number of nitrogens with one attached hydrogen (secondary N) is 1. The molecule has 1 aromatic heterocycles. The maximum absolute atomic E-state index is 13.0. The van der Waals surface area contributed by atoms with E-state index < -0.39 is 6.04 Å². The van der Waals surface area contributed by atoms with Crippen LogP contribution in [0.15, 0.2) is 47.1 Å². The molecule has 2 rings (SSSR count). The average molecular weight is 277 g/mol. The summed E-state index contributed by atoms with van der Waals surface area (Å²) >= 11 is 0. The first-order chi connectivity index (χ1) is 9.69. The van der Waals surface area contributed by atoms with Crippen LogP contribution in [0.25, 0.3) is 0 Å². The minimum absolute atomic E-state index is 0.218. The molecule has 2 aromatic rings. The molecule has 0 radical (unpaired) electrons. The number of hydrogen-bond acceptors (Lipinski definition) is 3. The summed E-state index contributed by atoms with van der Waals surface area (Å²) < 4.78 is 18.1. The van der Waals surface area contributed by atoms with Crippen LogP contribution < -0.4 is 5.32 Å². The van der Waals surface area contributed by atoms with Gasteiger partial charge < -0.3 is 14.8 Å². The van der Waals surface area contributed by atoms with Crippen LogP contribution >= 0.6 is 0 Å². The molecule has 0 spiro atoms. The van der Waals surface area contributed by atoms with E-state index in [4.69, 9.17) is 4.42 Å². The Morgan fingerprint density at radius 1 is 1.35 bits per heavy atom. The van der Waals surface area contributed by atoms with Crippen molar-refractivity contribution >= 4 is 5.91 Å². The number of aliphatic hydroxyl groups is 1. The van der Waals surface area contributed by atoms with Crippen molar-refractivity contribution in [2.75, 3.05) is 6.61 Å². The zero-order valence-electron chi connectivity index (χ0n) is 10.9. The molecule has 0 saturated heterocycles. The van der Waals surface area contributed by atoms with Gasteiger partial charge in [0, 0.05) is 6.42 Å². The molecule has 0 aliphatic carbocycles. The molecule has 0 aliphatic heterocycles. The molecule has 0 saturated carbocycles. The van der Waals surface area contributed by atoms with E-state index in [0.29, 0.717) is 12.2 Å². The normalized spacial score (nSPS) is 12.1.